The zero-order chi connectivity index (χ0) is 29.6. The highest BCUT2D eigenvalue weighted by molar-refractivity contribution is 5.84. The molecule has 44 heavy (non-hydrogen) atoms. The molecule has 0 fully saturated rings. The Morgan fingerprint density at radius 1 is 0.227 bits per heavy atom. The Balaban J connectivity index is 1.10. The monoisotopic (exact) mass is 566 g/mol. The number of ether oxygens (including phenoxy) is 2. The van der Waals surface area contributed by atoms with Crippen molar-refractivity contribution in [2.75, 3.05) is 0 Å². The Kier molecular flexibility index (Phi) is 7.71. The van der Waals surface area contributed by atoms with Gasteiger partial charge in [-0.1, -0.05) is 133 Å². The molecule has 0 radical (unpaired) electrons. The summed E-state index contributed by atoms with van der Waals surface area (Å²) in [7, 11) is 0. The lowest BCUT2D eigenvalue weighted by Gasteiger charge is -2.13. The van der Waals surface area contributed by atoms with Crippen LogP contribution in [0.4, 0.5) is 0 Å². The van der Waals surface area contributed by atoms with E-state index in [0.717, 1.165) is 33.8 Å². The van der Waals surface area contributed by atoms with Crippen molar-refractivity contribution in [2.45, 2.75) is 0 Å². The molecule has 0 aliphatic carbocycles. The minimum absolute atomic E-state index is 0.711. The third-order valence-electron chi connectivity index (χ3n) is 7.57. The zero-order valence-corrected chi connectivity index (χ0v) is 24.1. The number of hydrogen-bond acceptors (Lipinski definition) is 2. The van der Waals surface area contributed by atoms with Crippen LogP contribution in [-0.2, 0) is 0 Å². The molecule has 210 valence electrons. The van der Waals surface area contributed by atoms with Gasteiger partial charge in [0, 0.05) is 6.07 Å². The number of hydrogen-bond donors (Lipinski definition) is 0. The third-order valence-corrected chi connectivity index (χ3v) is 7.57. The third kappa shape index (κ3) is 6.16. The highest BCUT2D eigenvalue weighted by Gasteiger charge is 2.09. The smallest absolute Gasteiger partial charge is 0.131 e. The summed E-state index contributed by atoms with van der Waals surface area (Å²) >= 11 is 0. The number of benzene rings is 7. The van der Waals surface area contributed by atoms with Crippen LogP contribution in [0.2, 0.25) is 0 Å². The molecule has 0 heterocycles. The van der Waals surface area contributed by atoms with E-state index in [1.54, 1.807) is 0 Å². The van der Waals surface area contributed by atoms with Crippen molar-refractivity contribution in [3.05, 3.63) is 182 Å². The molecule has 0 aliphatic rings. The van der Waals surface area contributed by atoms with Gasteiger partial charge in [-0.25, -0.2) is 0 Å². The van der Waals surface area contributed by atoms with Crippen LogP contribution in [0.5, 0.6) is 23.0 Å². The fraction of sp³-hybridized carbons (Fsp3) is 0. The Hall–Kier alpha value is -5.86. The summed E-state index contributed by atoms with van der Waals surface area (Å²) in [5.41, 5.74) is 9.26. The second kappa shape index (κ2) is 12.6. The molecule has 2 heteroatoms. The Morgan fingerprint density at radius 3 is 1.20 bits per heavy atom. The van der Waals surface area contributed by atoms with E-state index >= 15 is 0 Å². The first kappa shape index (κ1) is 27.0. The average Bonchev–Trinajstić information content (AvgIpc) is 3.09. The van der Waals surface area contributed by atoms with Gasteiger partial charge in [0.1, 0.15) is 23.0 Å². The highest BCUT2D eigenvalue weighted by atomic mass is 16.5. The Morgan fingerprint density at radius 2 is 0.591 bits per heavy atom. The van der Waals surface area contributed by atoms with Crippen LogP contribution < -0.4 is 9.47 Å². The summed E-state index contributed by atoms with van der Waals surface area (Å²) in [6.07, 6.45) is 0. The van der Waals surface area contributed by atoms with E-state index in [9.17, 15) is 0 Å². The van der Waals surface area contributed by atoms with Gasteiger partial charge in [0.25, 0.3) is 0 Å². The number of rotatable bonds is 8. The van der Waals surface area contributed by atoms with Gasteiger partial charge < -0.3 is 9.47 Å². The molecule has 7 aromatic carbocycles. The van der Waals surface area contributed by atoms with Crippen molar-refractivity contribution < 1.29 is 9.47 Å². The van der Waals surface area contributed by atoms with Crippen LogP contribution in [-0.4, -0.2) is 0 Å². The molecule has 0 bridgehead atoms. The van der Waals surface area contributed by atoms with Crippen LogP contribution in [0.15, 0.2) is 182 Å². The van der Waals surface area contributed by atoms with Crippen LogP contribution in [0.25, 0.3) is 44.5 Å². The fourth-order valence-electron chi connectivity index (χ4n) is 5.45. The maximum atomic E-state index is 6.33. The van der Waals surface area contributed by atoms with Crippen molar-refractivity contribution in [3.8, 4) is 67.5 Å². The molecular weight excluding hydrogens is 536 g/mol. The fourth-order valence-corrected chi connectivity index (χ4v) is 5.45. The normalized spacial score (nSPS) is 10.7. The van der Waals surface area contributed by atoms with Gasteiger partial charge in [0.2, 0.25) is 0 Å². The molecule has 0 amide bonds. The van der Waals surface area contributed by atoms with Gasteiger partial charge >= 0.3 is 0 Å². The molecule has 0 spiro atoms. The van der Waals surface area contributed by atoms with E-state index < -0.39 is 0 Å². The molecule has 7 aromatic rings. The van der Waals surface area contributed by atoms with Gasteiger partial charge in [0.05, 0.1) is 0 Å². The van der Waals surface area contributed by atoms with E-state index in [0.29, 0.717) is 11.5 Å². The minimum atomic E-state index is 0.711. The summed E-state index contributed by atoms with van der Waals surface area (Å²) < 4.78 is 12.6. The lowest BCUT2D eigenvalue weighted by molar-refractivity contribution is 0.460. The molecular formula is C42H30O2. The maximum absolute atomic E-state index is 6.33. The van der Waals surface area contributed by atoms with Gasteiger partial charge in [-0.15, -0.1) is 0 Å². The SMILES string of the molecule is c1ccc(-c2cccc(-c3cccc(Oc4cccc(Oc5cccc(-c6ccccc6-c6ccccc6)c5)c4)c3)c2)cc1. The van der Waals surface area contributed by atoms with Crippen LogP contribution in [0.1, 0.15) is 0 Å². The van der Waals surface area contributed by atoms with Crippen molar-refractivity contribution in [1.82, 2.24) is 0 Å². The predicted molar refractivity (Wildman–Crippen MR) is 181 cm³/mol. The first-order valence-electron chi connectivity index (χ1n) is 14.8. The van der Waals surface area contributed by atoms with Crippen LogP contribution in [0.3, 0.4) is 0 Å². The van der Waals surface area contributed by atoms with Crippen LogP contribution >= 0.6 is 0 Å². The molecule has 0 aliphatic heterocycles. The molecule has 0 unspecified atom stereocenters. The second-order valence-corrected chi connectivity index (χ2v) is 10.6. The molecule has 7 rings (SSSR count). The summed E-state index contributed by atoms with van der Waals surface area (Å²) in [6, 6.07) is 62.1. The van der Waals surface area contributed by atoms with Gasteiger partial charge in [-0.05, 0) is 87.0 Å². The zero-order valence-electron chi connectivity index (χ0n) is 24.1. The molecule has 0 saturated heterocycles. The largest absolute Gasteiger partial charge is 0.457 e. The lowest BCUT2D eigenvalue weighted by atomic mass is 9.94. The van der Waals surface area contributed by atoms with Crippen molar-refractivity contribution in [3.63, 3.8) is 0 Å². The van der Waals surface area contributed by atoms with Gasteiger partial charge in [0.15, 0.2) is 0 Å². The standard InChI is InChI=1S/C42H30O2/c1-3-13-31(14-4-1)33-17-9-18-34(27-33)35-19-10-21-37(28-35)43-39-23-12-24-40(30-39)44-38-22-11-20-36(29-38)42-26-8-7-25-41(42)32-15-5-2-6-16-32/h1-30H. The predicted octanol–water partition coefficient (Wildman–Crippen LogP) is 11.9. The summed E-state index contributed by atoms with van der Waals surface area (Å²) in [4.78, 5) is 0. The van der Waals surface area contributed by atoms with E-state index in [2.05, 4.69) is 121 Å². The van der Waals surface area contributed by atoms with Crippen LogP contribution in [0, 0.1) is 0 Å². The maximum Gasteiger partial charge on any atom is 0.131 e. The molecule has 0 saturated carbocycles. The van der Waals surface area contributed by atoms with Gasteiger partial charge in [-0.3, -0.25) is 0 Å². The topological polar surface area (TPSA) is 18.5 Å². The average molecular weight is 567 g/mol. The Labute approximate surface area is 258 Å². The van der Waals surface area contributed by atoms with E-state index in [1.807, 2.05) is 60.7 Å². The lowest BCUT2D eigenvalue weighted by Crippen LogP contribution is -1.89. The summed E-state index contributed by atoms with van der Waals surface area (Å²) in [5, 5.41) is 0. The second-order valence-electron chi connectivity index (χ2n) is 10.6. The molecule has 0 aromatic heterocycles. The minimum Gasteiger partial charge on any atom is -0.457 e. The highest BCUT2D eigenvalue weighted by Crippen LogP contribution is 2.36. The van der Waals surface area contributed by atoms with Gasteiger partial charge in [-0.2, -0.15) is 0 Å². The quantitative estimate of drug-likeness (QED) is 0.182. The van der Waals surface area contributed by atoms with Crippen molar-refractivity contribution >= 4 is 0 Å². The first-order chi connectivity index (χ1) is 21.8. The van der Waals surface area contributed by atoms with Crippen molar-refractivity contribution in [1.29, 1.82) is 0 Å². The van der Waals surface area contributed by atoms with Crippen molar-refractivity contribution in [2.24, 2.45) is 0 Å². The summed E-state index contributed by atoms with van der Waals surface area (Å²) in [5.74, 6) is 2.96. The Bertz CT molecular complexity index is 2010. The van der Waals surface area contributed by atoms with E-state index in [-0.39, 0.29) is 0 Å². The van der Waals surface area contributed by atoms with E-state index in [4.69, 9.17) is 9.47 Å². The van der Waals surface area contributed by atoms with E-state index in [1.165, 1.54) is 22.3 Å². The molecule has 0 N–H and O–H groups in total. The molecule has 2 nitrogen and oxygen atoms in total. The summed E-state index contributed by atoms with van der Waals surface area (Å²) in [6.45, 7) is 0. The molecule has 0 atom stereocenters. The first-order valence-corrected chi connectivity index (χ1v) is 14.8.